The number of nitrogens with one attached hydrogen (secondary N) is 2. The van der Waals surface area contributed by atoms with Gasteiger partial charge in [-0.3, -0.25) is 4.79 Å². The second kappa shape index (κ2) is 8.30. The van der Waals surface area contributed by atoms with Crippen LogP contribution in [0.1, 0.15) is 15.9 Å². The Morgan fingerprint density at radius 1 is 1.24 bits per heavy atom. The second-order valence-electron chi connectivity index (χ2n) is 5.11. The first kappa shape index (κ1) is 18.5. The number of hydrogen-bond donors (Lipinski definition) is 3. The predicted octanol–water partition coefficient (Wildman–Crippen LogP) is 3.76. The van der Waals surface area contributed by atoms with E-state index in [0.717, 1.165) is 9.13 Å². The van der Waals surface area contributed by atoms with Crippen LogP contribution in [0.3, 0.4) is 0 Å². The smallest absolute Gasteiger partial charge is 0.335 e. The van der Waals surface area contributed by atoms with E-state index in [-0.39, 0.29) is 11.1 Å². The molecule has 0 fully saturated rings. The van der Waals surface area contributed by atoms with Crippen LogP contribution in [-0.2, 0) is 4.79 Å². The Bertz CT molecular complexity index is 901. The summed E-state index contributed by atoms with van der Waals surface area (Å²) in [5.74, 6) is -1.60. The lowest BCUT2D eigenvalue weighted by Gasteiger charge is -2.08. The van der Waals surface area contributed by atoms with Crippen molar-refractivity contribution in [2.75, 3.05) is 10.6 Å². The summed E-state index contributed by atoms with van der Waals surface area (Å²) in [6.07, 6.45) is 1.25. The molecule has 3 N–H and O–H groups in total. The standard InChI is InChI=1S/C18H14IN3O3/c1-11-7-14(19)5-6-16(11)22-17(23)13(9-20)10-21-15-4-2-3-12(8-15)18(24)25/h2-8,10,21H,1H3,(H,22,23)(H,24,25)/b13-10-. The van der Waals surface area contributed by atoms with Crippen molar-refractivity contribution in [2.45, 2.75) is 6.92 Å². The van der Waals surface area contributed by atoms with Crippen LogP contribution in [0.5, 0.6) is 0 Å². The molecule has 0 heterocycles. The van der Waals surface area contributed by atoms with E-state index in [1.54, 1.807) is 18.2 Å². The Morgan fingerprint density at radius 2 is 2.00 bits per heavy atom. The third-order valence-corrected chi connectivity index (χ3v) is 3.97. The quantitative estimate of drug-likeness (QED) is 0.368. The van der Waals surface area contributed by atoms with Gasteiger partial charge in [0.25, 0.3) is 5.91 Å². The summed E-state index contributed by atoms with van der Waals surface area (Å²) in [5.41, 5.74) is 1.96. The molecule has 0 unspecified atom stereocenters. The van der Waals surface area contributed by atoms with Crippen molar-refractivity contribution in [3.8, 4) is 6.07 Å². The van der Waals surface area contributed by atoms with Gasteiger partial charge in [0.2, 0.25) is 0 Å². The Kier molecular flexibility index (Phi) is 6.14. The Balaban J connectivity index is 2.14. The summed E-state index contributed by atoms with van der Waals surface area (Å²) in [6, 6.07) is 13.4. The Hall–Kier alpha value is -2.86. The number of carbonyl (C=O) groups excluding carboxylic acids is 1. The van der Waals surface area contributed by atoms with E-state index in [9.17, 15) is 14.9 Å². The van der Waals surface area contributed by atoms with E-state index < -0.39 is 11.9 Å². The highest BCUT2D eigenvalue weighted by Crippen LogP contribution is 2.18. The molecule has 2 aromatic rings. The van der Waals surface area contributed by atoms with E-state index in [1.165, 1.54) is 18.3 Å². The number of nitrogens with zero attached hydrogens (tertiary/aromatic N) is 1. The first-order valence-corrected chi connectivity index (χ1v) is 8.26. The minimum absolute atomic E-state index is 0.107. The van der Waals surface area contributed by atoms with Crippen LogP contribution >= 0.6 is 22.6 Å². The third kappa shape index (κ3) is 5.06. The van der Waals surface area contributed by atoms with Gasteiger partial charge < -0.3 is 15.7 Å². The minimum atomic E-state index is -1.06. The summed E-state index contributed by atoms with van der Waals surface area (Å²) in [7, 11) is 0. The molecule has 2 rings (SSSR count). The molecule has 0 bridgehead atoms. The van der Waals surface area contributed by atoms with Gasteiger partial charge in [-0.05, 0) is 71.5 Å². The monoisotopic (exact) mass is 447 g/mol. The molecule has 0 atom stereocenters. The molecule has 0 radical (unpaired) electrons. The average molecular weight is 447 g/mol. The van der Waals surface area contributed by atoms with Crippen molar-refractivity contribution in [1.82, 2.24) is 0 Å². The van der Waals surface area contributed by atoms with Crippen molar-refractivity contribution >= 4 is 45.8 Å². The van der Waals surface area contributed by atoms with Crippen LogP contribution in [0.25, 0.3) is 0 Å². The molecular weight excluding hydrogens is 433 g/mol. The third-order valence-electron chi connectivity index (χ3n) is 3.29. The molecule has 6 nitrogen and oxygen atoms in total. The lowest BCUT2D eigenvalue weighted by molar-refractivity contribution is -0.112. The van der Waals surface area contributed by atoms with E-state index in [2.05, 4.69) is 33.2 Å². The molecule has 0 saturated heterocycles. The van der Waals surface area contributed by atoms with Gasteiger partial charge in [0.1, 0.15) is 11.6 Å². The van der Waals surface area contributed by atoms with Crippen molar-refractivity contribution in [3.05, 3.63) is 68.9 Å². The van der Waals surface area contributed by atoms with Crippen LogP contribution in [0.4, 0.5) is 11.4 Å². The lowest BCUT2D eigenvalue weighted by Crippen LogP contribution is -2.15. The summed E-state index contributed by atoms with van der Waals surface area (Å²) in [5, 5.41) is 23.6. The van der Waals surface area contributed by atoms with Gasteiger partial charge in [0.05, 0.1) is 5.56 Å². The molecule has 1 amide bonds. The van der Waals surface area contributed by atoms with Crippen molar-refractivity contribution < 1.29 is 14.7 Å². The van der Waals surface area contributed by atoms with Crippen LogP contribution in [0.2, 0.25) is 0 Å². The maximum Gasteiger partial charge on any atom is 0.335 e. The van der Waals surface area contributed by atoms with Gasteiger partial charge in [-0.1, -0.05) is 6.07 Å². The predicted molar refractivity (Wildman–Crippen MR) is 103 cm³/mol. The summed E-state index contributed by atoms with van der Waals surface area (Å²) in [6.45, 7) is 1.86. The zero-order valence-corrected chi connectivity index (χ0v) is 15.4. The number of benzene rings is 2. The summed E-state index contributed by atoms with van der Waals surface area (Å²) < 4.78 is 1.05. The highest BCUT2D eigenvalue weighted by atomic mass is 127. The van der Waals surface area contributed by atoms with E-state index >= 15 is 0 Å². The molecule has 0 saturated carbocycles. The summed E-state index contributed by atoms with van der Waals surface area (Å²) in [4.78, 5) is 23.2. The molecule has 126 valence electrons. The number of nitriles is 1. The van der Waals surface area contributed by atoms with Gasteiger partial charge in [-0.15, -0.1) is 0 Å². The van der Waals surface area contributed by atoms with Crippen molar-refractivity contribution in [3.63, 3.8) is 0 Å². The van der Waals surface area contributed by atoms with Crippen LogP contribution in [-0.4, -0.2) is 17.0 Å². The number of amides is 1. The Labute approximate surface area is 158 Å². The number of halogens is 1. The van der Waals surface area contributed by atoms with Gasteiger partial charge in [0.15, 0.2) is 0 Å². The molecule has 0 aliphatic carbocycles. The number of aromatic carboxylic acids is 1. The van der Waals surface area contributed by atoms with Gasteiger partial charge >= 0.3 is 5.97 Å². The van der Waals surface area contributed by atoms with Crippen LogP contribution in [0.15, 0.2) is 54.2 Å². The molecule has 7 heteroatoms. The SMILES string of the molecule is Cc1cc(I)ccc1NC(=O)/C(C#N)=C\Nc1cccc(C(=O)O)c1. The zero-order chi connectivity index (χ0) is 18.4. The van der Waals surface area contributed by atoms with Gasteiger partial charge in [-0.2, -0.15) is 5.26 Å². The first-order valence-electron chi connectivity index (χ1n) is 7.18. The zero-order valence-electron chi connectivity index (χ0n) is 13.2. The summed E-state index contributed by atoms with van der Waals surface area (Å²) >= 11 is 2.18. The first-order chi connectivity index (χ1) is 11.9. The van der Waals surface area contributed by atoms with Gasteiger partial charge in [-0.25, -0.2) is 4.79 Å². The van der Waals surface area contributed by atoms with E-state index in [1.807, 2.05) is 25.1 Å². The van der Waals surface area contributed by atoms with Crippen LogP contribution in [0, 0.1) is 21.8 Å². The van der Waals surface area contributed by atoms with Crippen molar-refractivity contribution in [2.24, 2.45) is 0 Å². The molecule has 2 aromatic carbocycles. The number of carboxylic acid groups (broad SMARTS) is 1. The fourth-order valence-corrected chi connectivity index (χ4v) is 2.65. The number of carbonyl (C=O) groups is 2. The molecule has 0 aromatic heterocycles. The number of rotatable bonds is 5. The minimum Gasteiger partial charge on any atom is -0.478 e. The largest absolute Gasteiger partial charge is 0.478 e. The molecular formula is C18H14IN3O3. The molecule has 0 aliphatic rings. The molecule has 25 heavy (non-hydrogen) atoms. The maximum atomic E-state index is 12.2. The van der Waals surface area contributed by atoms with Crippen molar-refractivity contribution in [1.29, 1.82) is 5.26 Å². The van der Waals surface area contributed by atoms with E-state index in [0.29, 0.717) is 11.4 Å². The lowest BCUT2D eigenvalue weighted by atomic mass is 10.2. The average Bonchev–Trinajstić information content (AvgIpc) is 2.58. The highest BCUT2D eigenvalue weighted by molar-refractivity contribution is 14.1. The highest BCUT2D eigenvalue weighted by Gasteiger charge is 2.11. The second-order valence-corrected chi connectivity index (χ2v) is 6.36. The molecule has 0 spiro atoms. The normalized spacial score (nSPS) is 10.7. The molecule has 0 aliphatic heterocycles. The maximum absolute atomic E-state index is 12.2. The number of aryl methyl sites for hydroxylation is 1. The fraction of sp³-hybridized carbons (Fsp3) is 0.0556. The van der Waals surface area contributed by atoms with Crippen LogP contribution < -0.4 is 10.6 Å². The fourth-order valence-electron chi connectivity index (χ4n) is 2.00. The Morgan fingerprint density at radius 3 is 2.64 bits per heavy atom. The van der Waals surface area contributed by atoms with E-state index in [4.69, 9.17) is 5.11 Å². The number of carboxylic acids is 1. The number of hydrogen-bond acceptors (Lipinski definition) is 4. The number of anilines is 2. The van der Waals surface area contributed by atoms with Gasteiger partial charge in [0, 0.05) is 21.1 Å². The topological polar surface area (TPSA) is 102 Å².